The van der Waals surface area contributed by atoms with Gasteiger partial charge in [-0.3, -0.25) is 9.09 Å². The van der Waals surface area contributed by atoms with Gasteiger partial charge in [-0.2, -0.15) is 4.31 Å². The van der Waals surface area contributed by atoms with Crippen LogP contribution < -0.4 is 5.73 Å². The van der Waals surface area contributed by atoms with Crippen molar-refractivity contribution >= 4 is 44.4 Å². The SMILES string of the molecule is CSc1nc(N)c2ncn([C@@H]3O[C@H](COP(=O)(O)OP(=O)(O)O)[C@H](O)[C@H]3O)c2n1. The van der Waals surface area contributed by atoms with Crippen LogP contribution >= 0.6 is 27.4 Å². The molecule has 0 saturated carbocycles. The number of imidazole rings is 1. The molecule has 1 fully saturated rings. The van der Waals surface area contributed by atoms with Gasteiger partial charge in [-0.15, -0.1) is 0 Å². The Morgan fingerprint density at radius 1 is 1.28 bits per heavy atom. The molecule has 29 heavy (non-hydrogen) atoms. The zero-order valence-corrected chi connectivity index (χ0v) is 17.1. The molecule has 0 aliphatic carbocycles. The van der Waals surface area contributed by atoms with Gasteiger partial charge in [-0.1, -0.05) is 11.8 Å². The lowest BCUT2D eigenvalue weighted by Gasteiger charge is -2.17. The van der Waals surface area contributed by atoms with Crippen molar-refractivity contribution < 1.29 is 47.6 Å². The van der Waals surface area contributed by atoms with Crippen LogP contribution in [0.5, 0.6) is 0 Å². The minimum absolute atomic E-state index is 0.0989. The highest BCUT2D eigenvalue weighted by molar-refractivity contribution is 7.98. The number of thioether (sulfide) groups is 1. The average Bonchev–Trinajstić information content (AvgIpc) is 3.13. The number of nitrogens with zero attached hydrogens (tertiary/aromatic N) is 4. The summed E-state index contributed by atoms with van der Waals surface area (Å²) in [6, 6.07) is 0. The molecule has 162 valence electrons. The lowest BCUT2D eigenvalue weighted by molar-refractivity contribution is -0.0503. The van der Waals surface area contributed by atoms with Crippen LogP contribution in [0.25, 0.3) is 11.2 Å². The predicted molar refractivity (Wildman–Crippen MR) is 96.3 cm³/mol. The van der Waals surface area contributed by atoms with Gasteiger partial charge in [-0.25, -0.2) is 24.1 Å². The Labute approximate surface area is 166 Å². The number of fused-ring (bicyclic) bond motifs is 1. The van der Waals surface area contributed by atoms with Gasteiger partial charge in [0.15, 0.2) is 22.8 Å². The molecular weight excluding hydrogens is 456 g/mol. The molecule has 5 atom stereocenters. The summed E-state index contributed by atoms with van der Waals surface area (Å²) in [5.41, 5.74) is 6.29. The first-order valence-corrected chi connectivity index (χ1v) is 12.0. The third-order valence-corrected chi connectivity index (χ3v) is 6.53. The molecule has 0 spiro atoms. The first kappa shape index (κ1) is 22.5. The highest BCUT2D eigenvalue weighted by Gasteiger charge is 2.46. The van der Waals surface area contributed by atoms with E-state index in [1.807, 2.05) is 0 Å². The lowest BCUT2D eigenvalue weighted by Crippen LogP contribution is -2.33. The van der Waals surface area contributed by atoms with Crippen LogP contribution in [0.1, 0.15) is 6.23 Å². The zero-order chi connectivity index (χ0) is 21.6. The maximum atomic E-state index is 11.5. The number of aliphatic hydroxyl groups is 2. The second-order valence-corrected chi connectivity index (χ2v) is 9.41. The molecule has 0 aromatic carbocycles. The molecule has 1 aliphatic heterocycles. The normalized spacial score (nSPS) is 27.4. The molecule has 0 radical (unpaired) electrons. The Kier molecular flexibility index (Phi) is 6.34. The quantitative estimate of drug-likeness (QED) is 0.160. The number of nitrogen functional groups attached to an aromatic ring is 1. The number of ether oxygens (including phenoxy) is 1. The molecule has 18 heteroatoms. The van der Waals surface area contributed by atoms with Crippen molar-refractivity contribution in [3.63, 3.8) is 0 Å². The first-order valence-electron chi connectivity index (χ1n) is 7.71. The standard InChI is InChI=1S/C11H17N5O10P2S/c1-29-11-14-8(12)5-9(15-11)16(3-13-5)10-7(18)6(17)4(25-10)2-24-28(22,23)26-27(19,20)21/h3-4,6-7,10,17-18H,2H2,1H3,(H,22,23)(H2,12,14,15)(H2,19,20,21)/t4-,6+,7-,10-/m1/s1. The number of hydrogen-bond acceptors (Lipinski definition) is 12. The van der Waals surface area contributed by atoms with Gasteiger partial charge in [0.05, 0.1) is 12.9 Å². The van der Waals surface area contributed by atoms with Crippen molar-refractivity contribution in [2.45, 2.75) is 29.7 Å². The highest BCUT2D eigenvalue weighted by atomic mass is 32.2. The van der Waals surface area contributed by atoms with E-state index in [0.717, 1.165) is 0 Å². The number of aromatic nitrogens is 4. The summed E-state index contributed by atoms with van der Waals surface area (Å²) in [6.07, 6.45) is -2.66. The van der Waals surface area contributed by atoms with Crippen LogP contribution in [-0.2, 0) is 22.7 Å². The van der Waals surface area contributed by atoms with Gasteiger partial charge in [0.1, 0.15) is 23.8 Å². The Morgan fingerprint density at radius 2 is 1.97 bits per heavy atom. The molecule has 0 bridgehead atoms. The minimum atomic E-state index is -5.30. The Hall–Kier alpha value is -1.16. The zero-order valence-electron chi connectivity index (χ0n) is 14.5. The van der Waals surface area contributed by atoms with Gasteiger partial charge < -0.3 is 35.4 Å². The summed E-state index contributed by atoms with van der Waals surface area (Å²) in [6.45, 7) is -0.817. The Bertz CT molecular complexity index is 1000. The second kappa shape index (κ2) is 8.17. The molecule has 3 rings (SSSR count). The summed E-state index contributed by atoms with van der Waals surface area (Å²) in [5, 5.41) is 20.8. The number of rotatable bonds is 7. The average molecular weight is 473 g/mol. The van der Waals surface area contributed by atoms with Crippen LogP contribution in [0, 0.1) is 0 Å². The smallest absolute Gasteiger partial charge is 0.387 e. The van der Waals surface area contributed by atoms with Crippen LogP contribution in [0.3, 0.4) is 0 Å². The maximum absolute atomic E-state index is 11.5. The van der Waals surface area contributed by atoms with Gasteiger partial charge in [0.25, 0.3) is 0 Å². The molecule has 1 unspecified atom stereocenters. The van der Waals surface area contributed by atoms with Crippen LogP contribution in [0.15, 0.2) is 11.5 Å². The van der Waals surface area contributed by atoms with Crippen molar-refractivity contribution in [2.24, 2.45) is 0 Å². The lowest BCUT2D eigenvalue weighted by atomic mass is 10.1. The number of anilines is 1. The summed E-state index contributed by atoms with van der Waals surface area (Å²) in [4.78, 5) is 38.8. The second-order valence-electron chi connectivity index (χ2n) is 5.80. The fourth-order valence-corrected chi connectivity index (χ4v) is 4.58. The summed E-state index contributed by atoms with van der Waals surface area (Å²) < 4.78 is 37.1. The van der Waals surface area contributed by atoms with Crippen molar-refractivity contribution in [2.75, 3.05) is 18.6 Å². The van der Waals surface area contributed by atoms with Crippen LogP contribution in [-0.4, -0.2) is 75.6 Å². The third-order valence-electron chi connectivity index (χ3n) is 3.83. The summed E-state index contributed by atoms with van der Waals surface area (Å²) in [5.74, 6) is 0.0989. The number of nitrogens with two attached hydrogens (primary N) is 1. The van der Waals surface area contributed by atoms with Crippen molar-refractivity contribution in [1.29, 1.82) is 0 Å². The molecule has 3 heterocycles. The number of phosphoric acid groups is 2. The van der Waals surface area contributed by atoms with E-state index in [1.54, 1.807) is 6.26 Å². The van der Waals surface area contributed by atoms with E-state index >= 15 is 0 Å². The molecule has 1 saturated heterocycles. The summed E-state index contributed by atoms with van der Waals surface area (Å²) >= 11 is 1.22. The predicted octanol–water partition coefficient (Wildman–Crippen LogP) is -1.02. The third kappa shape index (κ3) is 4.95. The van der Waals surface area contributed by atoms with E-state index in [2.05, 4.69) is 23.8 Å². The molecule has 2 aromatic heterocycles. The van der Waals surface area contributed by atoms with E-state index < -0.39 is 46.8 Å². The molecule has 1 aliphatic rings. The Balaban J connectivity index is 1.80. The highest BCUT2D eigenvalue weighted by Crippen LogP contribution is 2.57. The summed E-state index contributed by atoms with van der Waals surface area (Å²) in [7, 11) is -10.4. The molecule has 7 N–H and O–H groups in total. The monoisotopic (exact) mass is 473 g/mol. The van der Waals surface area contributed by atoms with Gasteiger partial charge in [0, 0.05) is 0 Å². The minimum Gasteiger partial charge on any atom is -0.387 e. The van der Waals surface area contributed by atoms with Crippen molar-refractivity contribution in [1.82, 2.24) is 19.5 Å². The molecule has 0 amide bonds. The van der Waals surface area contributed by atoms with Crippen LogP contribution in [0.4, 0.5) is 5.82 Å². The van der Waals surface area contributed by atoms with E-state index in [0.29, 0.717) is 5.16 Å². The number of aliphatic hydroxyl groups excluding tert-OH is 2. The van der Waals surface area contributed by atoms with Crippen LogP contribution in [0.2, 0.25) is 0 Å². The fraction of sp³-hybridized carbons (Fsp3) is 0.545. The maximum Gasteiger partial charge on any atom is 0.481 e. The topological polar surface area (TPSA) is 233 Å². The fourth-order valence-electron chi connectivity index (χ4n) is 2.62. The van der Waals surface area contributed by atoms with E-state index in [-0.39, 0.29) is 17.0 Å². The van der Waals surface area contributed by atoms with Gasteiger partial charge in [-0.05, 0) is 6.26 Å². The van der Waals surface area contributed by atoms with Gasteiger partial charge >= 0.3 is 15.6 Å². The number of phosphoric ester groups is 1. The molecular formula is C11H17N5O10P2S. The van der Waals surface area contributed by atoms with Crippen molar-refractivity contribution in [3.05, 3.63) is 6.33 Å². The van der Waals surface area contributed by atoms with E-state index in [1.165, 1.54) is 22.7 Å². The Morgan fingerprint density at radius 3 is 2.59 bits per heavy atom. The number of hydrogen-bond donors (Lipinski definition) is 6. The van der Waals surface area contributed by atoms with Gasteiger partial charge in [0.2, 0.25) is 0 Å². The van der Waals surface area contributed by atoms with E-state index in [9.17, 15) is 24.2 Å². The first-order chi connectivity index (χ1) is 13.4. The largest absolute Gasteiger partial charge is 0.481 e. The molecule has 15 nitrogen and oxygen atoms in total. The van der Waals surface area contributed by atoms with E-state index in [4.69, 9.17) is 20.3 Å². The molecule has 2 aromatic rings. The van der Waals surface area contributed by atoms with Crippen molar-refractivity contribution in [3.8, 4) is 0 Å².